The number of aliphatic hydroxyl groups is 1. The Kier molecular flexibility index (Phi) is 4.10. The monoisotopic (exact) mass is 250 g/mol. The van der Waals surface area contributed by atoms with Crippen LogP contribution in [0, 0.1) is 6.92 Å². The smallest absolute Gasteiger partial charge is 0.297 e. The van der Waals surface area contributed by atoms with Gasteiger partial charge >= 0.3 is 0 Å². The Morgan fingerprint density at radius 1 is 1.40 bits per heavy atom. The predicted molar refractivity (Wildman–Crippen MR) is 56.2 cm³/mol. The summed E-state index contributed by atoms with van der Waals surface area (Å²) in [5.74, 6) is 0. The van der Waals surface area contributed by atoms with E-state index in [0.717, 1.165) is 5.56 Å². The van der Waals surface area contributed by atoms with Crippen LogP contribution in [0.2, 0.25) is 0 Å². The van der Waals surface area contributed by atoms with Crippen LogP contribution in [0.15, 0.2) is 29.2 Å². The van der Waals surface area contributed by atoms with Crippen LogP contribution in [0.3, 0.4) is 0 Å². The van der Waals surface area contributed by atoms with Gasteiger partial charge in [-0.2, -0.15) is 8.42 Å². The summed E-state index contributed by atoms with van der Waals surface area (Å²) in [6.07, 6.45) is 0. The molecule has 0 aliphatic carbocycles. The summed E-state index contributed by atoms with van der Waals surface area (Å²) in [6, 6.07) is 6.19. The summed E-state index contributed by atoms with van der Waals surface area (Å²) in [6.45, 7) is 1.39. The van der Waals surface area contributed by atoms with Crippen molar-refractivity contribution < 1.29 is 17.7 Å². The second-order valence-corrected chi connectivity index (χ2v) is 5.11. The normalized spacial score (nSPS) is 13.8. The van der Waals surface area contributed by atoms with Gasteiger partial charge in [-0.05, 0) is 19.1 Å². The highest BCUT2D eigenvalue weighted by atomic mass is 35.5. The number of rotatable bonds is 4. The van der Waals surface area contributed by atoms with Crippen LogP contribution < -0.4 is 0 Å². The molecule has 0 aliphatic heterocycles. The minimum Gasteiger partial charge on any atom is -0.375 e. The fourth-order valence-electron chi connectivity index (χ4n) is 0.919. The summed E-state index contributed by atoms with van der Waals surface area (Å²) < 4.78 is 27.4. The van der Waals surface area contributed by atoms with Crippen molar-refractivity contribution in [2.24, 2.45) is 0 Å². The molecule has 0 aromatic heterocycles. The number of hydrogen-bond acceptors (Lipinski definition) is 4. The van der Waals surface area contributed by atoms with E-state index in [4.69, 9.17) is 16.7 Å². The van der Waals surface area contributed by atoms with E-state index in [1.165, 1.54) is 12.1 Å². The molecular formula is C9H11ClO4S. The van der Waals surface area contributed by atoms with Gasteiger partial charge in [-0.1, -0.05) is 29.3 Å². The Balaban J connectivity index is 2.82. The highest BCUT2D eigenvalue weighted by Crippen LogP contribution is 2.13. The first-order valence-corrected chi connectivity index (χ1v) is 6.04. The van der Waals surface area contributed by atoms with Crippen LogP contribution >= 0.6 is 11.6 Å². The average molecular weight is 251 g/mol. The fourth-order valence-corrected chi connectivity index (χ4v) is 1.97. The summed E-state index contributed by atoms with van der Waals surface area (Å²) in [5.41, 5.74) is -0.378. The summed E-state index contributed by atoms with van der Waals surface area (Å²) in [5, 5.41) is 8.68. The van der Waals surface area contributed by atoms with Crippen LogP contribution in [-0.2, 0) is 14.3 Å². The molecule has 1 aromatic carbocycles. The lowest BCUT2D eigenvalue weighted by Crippen LogP contribution is -2.14. The van der Waals surface area contributed by atoms with Gasteiger partial charge in [-0.15, -0.1) is 0 Å². The van der Waals surface area contributed by atoms with Crippen molar-refractivity contribution in [1.29, 1.82) is 0 Å². The van der Waals surface area contributed by atoms with Crippen molar-refractivity contribution in [3.63, 3.8) is 0 Å². The molecule has 1 rings (SSSR count). The summed E-state index contributed by atoms with van der Waals surface area (Å²) >= 11 is 5.16. The van der Waals surface area contributed by atoms with Crippen molar-refractivity contribution in [2.45, 2.75) is 17.4 Å². The van der Waals surface area contributed by atoms with E-state index in [-0.39, 0.29) is 4.90 Å². The Bertz CT molecular complexity index is 410. The minimum absolute atomic E-state index is 0.0467. The number of alkyl halides is 1. The van der Waals surface area contributed by atoms with Gasteiger partial charge in [-0.3, -0.25) is 4.18 Å². The zero-order chi connectivity index (χ0) is 11.5. The first-order chi connectivity index (χ1) is 6.92. The number of benzene rings is 1. The highest BCUT2D eigenvalue weighted by Gasteiger charge is 2.15. The van der Waals surface area contributed by atoms with Gasteiger partial charge in [-0.25, -0.2) is 0 Å². The largest absolute Gasteiger partial charge is 0.375 e. The van der Waals surface area contributed by atoms with E-state index in [9.17, 15) is 8.42 Å². The van der Waals surface area contributed by atoms with Gasteiger partial charge in [0.1, 0.15) is 6.61 Å². The van der Waals surface area contributed by atoms with E-state index in [2.05, 4.69) is 4.18 Å². The van der Waals surface area contributed by atoms with E-state index < -0.39 is 22.3 Å². The van der Waals surface area contributed by atoms with Crippen molar-refractivity contribution in [3.05, 3.63) is 29.8 Å². The van der Waals surface area contributed by atoms with E-state index in [1.54, 1.807) is 12.1 Å². The van der Waals surface area contributed by atoms with Gasteiger partial charge < -0.3 is 5.11 Å². The van der Waals surface area contributed by atoms with Crippen LogP contribution in [0.1, 0.15) is 5.56 Å². The highest BCUT2D eigenvalue weighted by molar-refractivity contribution is 7.86. The molecule has 0 bridgehead atoms. The molecule has 15 heavy (non-hydrogen) atoms. The molecule has 0 heterocycles. The molecule has 1 N–H and O–H groups in total. The molecule has 6 heteroatoms. The van der Waals surface area contributed by atoms with Crippen LogP contribution in [0.4, 0.5) is 0 Å². The van der Waals surface area contributed by atoms with Crippen molar-refractivity contribution in [2.75, 3.05) is 6.61 Å². The molecule has 0 unspecified atom stereocenters. The van der Waals surface area contributed by atoms with Crippen molar-refractivity contribution in [3.8, 4) is 0 Å². The summed E-state index contributed by atoms with van der Waals surface area (Å²) in [7, 11) is -3.82. The predicted octanol–water partition coefficient (Wildman–Crippen LogP) is 1.26. The van der Waals surface area contributed by atoms with Gasteiger partial charge in [0.05, 0.1) is 4.90 Å². The van der Waals surface area contributed by atoms with Crippen LogP contribution in [0.5, 0.6) is 0 Å². The summed E-state index contributed by atoms with van der Waals surface area (Å²) in [4.78, 5) is 0.0467. The molecule has 1 aromatic rings. The zero-order valence-electron chi connectivity index (χ0n) is 8.05. The second kappa shape index (κ2) is 4.94. The Morgan fingerprint density at radius 2 is 1.93 bits per heavy atom. The van der Waals surface area contributed by atoms with Crippen LogP contribution in [-0.4, -0.2) is 25.7 Å². The number of halogens is 1. The molecule has 1 atom stereocenters. The fraction of sp³-hybridized carbons (Fsp3) is 0.333. The second-order valence-electron chi connectivity index (χ2n) is 2.99. The lowest BCUT2D eigenvalue weighted by molar-refractivity contribution is 0.173. The molecule has 0 fully saturated rings. The molecule has 0 amide bonds. The van der Waals surface area contributed by atoms with Gasteiger partial charge in [0, 0.05) is 0 Å². The van der Waals surface area contributed by atoms with Crippen molar-refractivity contribution >= 4 is 21.7 Å². The third-order valence-corrected chi connectivity index (χ3v) is 3.09. The minimum atomic E-state index is -3.82. The van der Waals surface area contributed by atoms with Crippen molar-refractivity contribution in [1.82, 2.24) is 0 Å². The molecular weight excluding hydrogens is 240 g/mol. The van der Waals surface area contributed by atoms with Gasteiger partial charge in [0.25, 0.3) is 10.1 Å². The Hall–Kier alpha value is -0.620. The molecule has 0 radical (unpaired) electrons. The van der Waals surface area contributed by atoms with Gasteiger partial charge in [0.2, 0.25) is 0 Å². The van der Waals surface area contributed by atoms with E-state index in [0.29, 0.717) is 0 Å². The molecule has 0 saturated carbocycles. The Morgan fingerprint density at radius 3 is 2.40 bits per heavy atom. The van der Waals surface area contributed by atoms with Gasteiger partial charge in [0.15, 0.2) is 5.56 Å². The lowest BCUT2D eigenvalue weighted by Gasteiger charge is -2.06. The first-order valence-electron chi connectivity index (χ1n) is 4.20. The topological polar surface area (TPSA) is 63.6 Å². The molecule has 0 saturated heterocycles. The maximum atomic E-state index is 11.5. The van der Waals surface area contributed by atoms with E-state index >= 15 is 0 Å². The maximum absolute atomic E-state index is 11.5. The first kappa shape index (κ1) is 12.4. The SMILES string of the molecule is Cc1ccc(S(=O)(=O)OC[C@H](O)Cl)cc1. The van der Waals surface area contributed by atoms with Crippen LogP contribution in [0.25, 0.3) is 0 Å². The molecule has 4 nitrogen and oxygen atoms in total. The third-order valence-electron chi connectivity index (χ3n) is 1.67. The average Bonchev–Trinajstić information content (AvgIpc) is 2.16. The Labute approximate surface area is 93.6 Å². The lowest BCUT2D eigenvalue weighted by atomic mass is 10.2. The number of hydrogen-bond donors (Lipinski definition) is 1. The molecule has 0 aliphatic rings. The third kappa shape index (κ3) is 3.79. The molecule has 84 valence electrons. The quantitative estimate of drug-likeness (QED) is 0.646. The van der Waals surface area contributed by atoms with E-state index in [1.807, 2.05) is 6.92 Å². The zero-order valence-corrected chi connectivity index (χ0v) is 9.62. The maximum Gasteiger partial charge on any atom is 0.297 e. The number of aliphatic hydroxyl groups excluding tert-OH is 1. The molecule has 0 spiro atoms. The standard InChI is InChI=1S/C9H11ClO4S/c1-7-2-4-8(5-3-7)15(12,13)14-6-9(10)11/h2-5,9,11H,6H2,1H3/t9-/m0/s1. The number of aryl methyl sites for hydroxylation is 1.